The fraction of sp³-hybridized carbons (Fsp3) is 1.00. The molecule has 0 nitrogen and oxygen atoms in total. The van der Waals surface area contributed by atoms with E-state index in [2.05, 4.69) is 96.9 Å². The molecule has 0 heterocycles. The molecule has 5 aliphatic rings. The highest BCUT2D eigenvalue weighted by atomic mass is 19.4. The van der Waals surface area contributed by atoms with Gasteiger partial charge in [0.1, 0.15) is 5.67 Å². The van der Waals surface area contributed by atoms with Gasteiger partial charge in [0.2, 0.25) is 5.92 Å². The van der Waals surface area contributed by atoms with E-state index in [-0.39, 0.29) is 12.8 Å². The monoisotopic (exact) mass is 1040 g/mol. The predicted molar refractivity (Wildman–Crippen MR) is 300 cm³/mol. The normalized spacial score (nSPS) is 19.9. The first-order valence-electron chi connectivity index (χ1n) is 29.5. The molecule has 0 aliphatic heterocycles. The molecule has 0 N–H and O–H groups in total. The number of halogens is 9. The highest BCUT2D eigenvalue weighted by Gasteiger charge is 2.37. The summed E-state index contributed by atoms with van der Waals surface area (Å²) in [4.78, 5) is 0. The van der Waals surface area contributed by atoms with Crippen molar-refractivity contribution in [2.45, 2.75) is 350 Å². The Morgan fingerprint density at radius 3 is 0.831 bits per heavy atom. The van der Waals surface area contributed by atoms with E-state index in [9.17, 15) is 39.5 Å². The summed E-state index contributed by atoms with van der Waals surface area (Å²) in [5, 5.41) is 0. The molecular weight excluding hydrogens is 916 g/mol. The Balaban J connectivity index is -0.000000166. The van der Waals surface area contributed by atoms with E-state index in [1.807, 2.05) is 13.8 Å². The lowest BCUT2D eigenvalue weighted by molar-refractivity contribution is -0.170. The first-order chi connectivity index (χ1) is 32.3. The summed E-state index contributed by atoms with van der Waals surface area (Å²) in [7, 11) is 0. The molecule has 9 heteroatoms. The van der Waals surface area contributed by atoms with Crippen molar-refractivity contribution in [1.29, 1.82) is 0 Å². The SMILES string of the molecule is CC.CC(C)C(F)(F)F.CC1(F)CC1.CC1CCC(C)(C)CC1.CCC.CCC(C)(C)C.CCC(C)(F)F.CCC(C)C(F)(F)F.CCC1CCC(C)(C)CC1.CCC1CCCC1.CCC1CCCCC1. The zero-order valence-corrected chi connectivity index (χ0v) is 51.8. The summed E-state index contributed by atoms with van der Waals surface area (Å²) >= 11 is 0. The molecule has 5 fully saturated rings. The fourth-order valence-electron chi connectivity index (χ4n) is 6.83. The van der Waals surface area contributed by atoms with Crippen LogP contribution in [0.1, 0.15) is 326 Å². The molecule has 0 spiro atoms. The molecule has 1 atom stereocenters. The van der Waals surface area contributed by atoms with E-state index >= 15 is 0 Å². The van der Waals surface area contributed by atoms with Crippen LogP contribution in [0.4, 0.5) is 39.5 Å². The molecule has 438 valence electrons. The van der Waals surface area contributed by atoms with Crippen LogP contribution < -0.4 is 0 Å². The van der Waals surface area contributed by atoms with Gasteiger partial charge in [0.15, 0.2) is 0 Å². The topological polar surface area (TPSA) is 0 Å². The van der Waals surface area contributed by atoms with Crippen molar-refractivity contribution in [2.75, 3.05) is 0 Å². The summed E-state index contributed by atoms with van der Waals surface area (Å²) in [6, 6.07) is 0. The minimum Gasteiger partial charge on any atom is -0.244 e. The molecule has 0 amide bonds. The van der Waals surface area contributed by atoms with Gasteiger partial charge in [-0.25, -0.2) is 13.2 Å². The van der Waals surface area contributed by atoms with E-state index in [1.165, 1.54) is 162 Å². The molecular formula is C62H127F9. The van der Waals surface area contributed by atoms with E-state index in [0.29, 0.717) is 16.2 Å². The van der Waals surface area contributed by atoms with Crippen molar-refractivity contribution < 1.29 is 39.5 Å². The second-order valence-electron chi connectivity index (χ2n) is 24.8. The van der Waals surface area contributed by atoms with Gasteiger partial charge in [-0.2, -0.15) is 26.3 Å². The third-order valence-corrected chi connectivity index (χ3v) is 14.5. The molecule has 0 aromatic heterocycles. The minimum absolute atomic E-state index is 0.0625. The molecule has 5 rings (SSSR count). The summed E-state index contributed by atoms with van der Waals surface area (Å²) in [6.45, 7) is 45.0. The highest BCUT2D eigenvalue weighted by molar-refractivity contribution is 4.88. The first-order valence-corrected chi connectivity index (χ1v) is 29.5. The van der Waals surface area contributed by atoms with Crippen LogP contribution in [0.5, 0.6) is 0 Å². The van der Waals surface area contributed by atoms with Crippen molar-refractivity contribution in [2.24, 2.45) is 51.8 Å². The average Bonchev–Trinajstić information content (AvgIpc) is 3.72. The lowest BCUT2D eigenvalue weighted by Gasteiger charge is -2.33. The van der Waals surface area contributed by atoms with Crippen LogP contribution in [0.25, 0.3) is 0 Å². The highest BCUT2D eigenvalue weighted by Crippen LogP contribution is 2.40. The van der Waals surface area contributed by atoms with E-state index in [4.69, 9.17) is 0 Å². The van der Waals surface area contributed by atoms with Crippen molar-refractivity contribution in [3.8, 4) is 0 Å². The van der Waals surface area contributed by atoms with Gasteiger partial charge in [0, 0.05) is 12.3 Å². The quantitative estimate of drug-likeness (QED) is 0.241. The van der Waals surface area contributed by atoms with E-state index in [1.54, 1.807) is 6.92 Å². The summed E-state index contributed by atoms with van der Waals surface area (Å²) in [6.07, 6.45) is 25.6. The van der Waals surface area contributed by atoms with Crippen LogP contribution in [0, 0.1) is 51.8 Å². The zero-order valence-electron chi connectivity index (χ0n) is 51.8. The van der Waals surface area contributed by atoms with Gasteiger partial charge in [-0.15, -0.1) is 0 Å². The van der Waals surface area contributed by atoms with Crippen molar-refractivity contribution in [1.82, 2.24) is 0 Å². The lowest BCUT2D eigenvalue weighted by atomic mass is 9.72. The van der Waals surface area contributed by atoms with Crippen LogP contribution in [0.15, 0.2) is 0 Å². The smallest absolute Gasteiger partial charge is 0.244 e. The Bertz CT molecular complexity index is 1040. The summed E-state index contributed by atoms with van der Waals surface area (Å²) < 4.78 is 103. The Hall–Kier alpha value is -0.630. The van der Waals surface area contributed by atoms with Crippen LogP contribution >= 0.6 is 0 Å². The predicted octanol–water partition coefficient (Wildman–Crippen LogP) is 25.6. The Kier molecular flexibility index (Phi) is 51.2. The van der Waals surface area contributed by atoms with Gasteiger partial charge in [0.25, 0.3) is 0 Å². The second kappa shape index (κ2) is 44.5. The fourth-order valence-corrected chi connectivity index (χ4v) is 6.83. The maximum Gasteiger partial charge on any atom is 0.391 e. The summed E-state index contributed by atoms with van der Waals surface area (Å²) in [5.74, 6) is -0.579. The number of rotatable bonds is 5. The van der Waals surface area contributed by atoms with Gasteiger partial charge >= 0.3 is 12.4 Å². The third-order valence-electron chi connectivity index (χ3n) is 14.5. The molecule has 0 aromatic rings. The van der Waals surface area contributed by atoms with Gasteiger partial charge in [-0.3, -0.25) is 0 Å². The molecule has 5 aliphatic carbocycles. The number of hydrogen-bond acceptors (Lipinski definition) is 0. The second-order valence-corrected chi connectivity index (χ2v) is 24.8. The maximum atomic E-state index is 11.8. The molecule has 0 radical (unpaired) electrons. The van der Waals surface area contributed by atoms with Crippen molar-refractivity contribution >= 4 is 0 Å². The van der Waals surface area contributed by atoms with Crippen molar-refractivity contribution in [3.63, 3.8) is 0 Å². The molecule has 5 saturated carbocycles. The lowest BCUT2D eigenvalue weighted by Crippen LogP contribution is -2.20. The van der Waals surface area contributed by atoms with Gasteiger partial charge in [-0.05, 0) is 112 Å². The number of hydrogen-bond donors (Lipinski definition) is 0. The van der Waals surface area contributed by atoms with Crippen LogP contribution in [-0.2, 0) is 0 Å². The first kappa shape index (κ1) is 81.7. The average molecular weight is 1040 g/mol. The van der Waals surface area contributed by atoms with Gasteiger partial charge < -0.3 is 0 Å². The molecule has 1 unspecified atom stereocenters. The molecule has 0 aromatic carbocycles. The van der Waals surface area contributed by atoms with E-state index in [0.717, 1.165) is 57.3 Å². The minimum atomic E-state index is -4.00. The largest absolute Gasteiger partial charge is 0.391 e. The molecule has 71 heavy (non-hydrogen) atoms. The van der Waals surface area contributed by atoms with Crippen LogP contribution in [-0.4, -0.2) is 23.9 Å². The molecule has 0 saturated heterocycles. The Labute approximate surface area is 440 Å². The summed E-state index contributed by atoms with van der Waals surface area (Å²) in [5.41, 5.74) is 1.11. The van der Waals surface area contributed by atoms with Crippen molar-refractivity contribution in [3.05, 3.63) is 0 Å². The Morgan fingerprint density at radius 1 is 0.451 bits per heavy atom. The zero-order chi connectivity index (χ0) is 57.3. The third kappa shape index (κ3) is 65.4. The number of alkyl halides is 9. The van der Waals surface area contributed by atoms with Crippen LogP contribution in [0.2, 0.25) is 0 Å². The van der Waals surface area contributed by atoms with Gasteiger partial charge in [-0.1, -0.05) is 248 Å². The van der Waals surface area contributed by atoms with Crippen LogP contribution in [0.3, 0.4) is 0 Å². The molecule has 0 bridgehead atoms. The van der Waals surface area contributed by atoms with Gasteiger partial charge in [0.05, 0.1) is 5.92 Å². The maximum absolute atomic E-state index is 11.8. The standard InChI is InChI=1S/C10H20.C9H18.C8H16.C7H14.C6H14.C5H9F3.C4H7F3.C4H8F2.C4H7F.C3H8.C2H6/c1-4-9-5-7-10(2,3)8-6-9;1-8-4-6-9(2,3)7-5-8;1-2-8-6-4-3-5-7-8;1-2-7-5-3-4-6-7;1-5-6(2,3)4;1-3-4(2)5(6,7)8;1-3(2)4(5,6)7;1-3-4(2,5)6;1-4(5)2-3-4;1-3-2;1-2/h9H,4-8H2,1-3H3;8H,4-7H2,1-3H3;8H,2-7H2,1H3;7H,2-6H2,1H3;5H2,1-4H3;4H,3H2,1-2H3;3H,1-2H3;3H2,1-2H3;2-3H2,1H3;3H2,1-2H3;1-2H3. The Morgan fingerprint density at radius 2 is 0.690 bits per heavy atom. The van der Waals surface area contributed by atoms with E-state index < -0.39 is 35.8 Å².